The lowest BCUT2D eigenvalue weighted by molar-refractivity contribution is 0.00457. The first-order valence-electron chi connectivity index (χ1n) is 11.2. The predicted molar refractivity (Wildman–Crippen MR) is 123 cm³/mol. The van der Waals surface area contributed by atoms with Crippen LogP contribution in [0.5, 0.6) is 0 Å². The number of nitrogens with one attached hydrogen (secondary N) is 1. The molecule has 2 aliphatic carbocycles. The minimum atomic E-state index is -3.98. The largest absolute Gasteiger partial charge is 0.353 e. The molecule has 2 atom stereocenters. The van der Waals surface area contributed by atoms with Crippen molar-refractivity contribution in [1.29, 1.82) is 0 Å². The van der Waals surface area contributed by atoms with Crippen LogP contribution in [0.4, 0.5) is 14.6 Å². The van der Waals surface area contributed by atoms with Gasteiger partial charge in [-0.15, -0.1) is 0 Å². The lowest BCUT2D eigenvalue weighted by Gasteiger charge is -2.43. The van der Waals surface area contributed by atoms with Crippen molar-refractivity contribution in [2.45, 2.75) is 42.4 Å². The number of rotatable bonds is 6. The number of sulfone groups is 1. The van der Waals surface area contributed by atoms with Gasteiger partial charge in [0.1, 0.15) is 17.8 Å². The molecule has 0 aromatic carbocycles. The van der Waals surface area contributed by atoms with Crippen LogP contribution in [0.25, 0.3) is 11.0 Å². The van der Waals surface area contributed by atoms with Crippen molar-refractivity contribution in [3.8, 4) is 0 Å². The highest BCUT2D eigenvalue weighted by Crippen LogP contribution is 2.48. The Morgan fingerprint density at radius 2 is 1.91 bits per heavy atom. The van der Waals surface area contributed by atoms with Crippen LogP contribution in [0.2, 0.25) is 0 Å². The highest BCUT2D eigenvalue weighted by atomic mass is 32.2. The Kier molecular flexibility index (Phi) is 5.47. The monoisotopic (exact) mass is 518 g/mol. The van der Waals surface area contributed by atoms with Crippen molar-refractivity contribution >= 4 is 36.9 Å². The van der Waals surface area contributed by atoms with Crippen molar-refractivity contribution in [2.75, 3.05) is 44.4 Å². The Morgan fingerprint density at radius 3 is 2.59 bits per heavy atom. The maximum atomic E-state index is 14.0. The third kappa shape index (κ3) is 4.07. The Bertz CT molecular complexity index is 1310. The molecule has 188 valence electrons. The van der Waals surface area contributed by atoms with Gasteiger partial charge in [0.05, 0.1) is 16.2 Å². The van der Waals surface area contributed by atoms with E-state index < -0.39 is 55.5 Å². The highest BCUT2D eigenvalue weighted by molar-refractivity contribution is 7.91. The van der Waals surface area contributed by atoms with Gasteiger partial charge in [-0.3, -0.25) is 0 Å². The first-order chi connectivity index (χ1) is 15.8. The molecule has 2 aromatic heterocycles. The molecular weight excluding hydrogens is 490 g/mol. The number of aromatic amines is 1. The van der Waals surface area contributed by atoms with Crippen molar-refractivity contribution in [3.63, 3.8) is 0 Å². The summed E-state index contributed by atoms with van der Waals surface area (Å²) in [4.78, 5) is 13.7. The van der Waals surface area contributed by atoms with E-state index >= 15 is 0 Å². The van der Waals surface area contributed by atoms with Crippen LogP contribution < -0.4 is 4.90 Å². The maximum absolute atomic E-state index is 14.0. The van der Waals surface area contributed by atoms with Crippen LogP contribution in [-0.4, -0.2) is 96.6 Å². The van der Waals surface area contributed by atoms with Crippen LogP contribution in [0, 0.1) is 5.92 Å². The molecule has 14 heteroatoms. The molecule has 0 amide bonds. The minimum absolute atomic E-state index is 0.221. The maximum Gasteiger partial charge on any atom is 0.282 e. The molecule has 1 aliphatic heterocycles. The van der Waals surface area contributed by atoms with Gasteiger partial charge in [0.25, 0.3) is 10.2 Å². The summed E-state index contributed by atoms with van der Waals surface area (Å²) in [5.74, 6) is -3.33. The molecular formula is C20H28F2N6O4S2. The van der Waals surface area contributed by atoms with Crippen molar-refractivity contribution < 1.29 is 25.6 Å². The van der Waals surface area contributed by atoms with E-state index in [0.29, 0.717) is 31.6 Å². The molecule has 10 nitrogen and oxygen atoms in total. The van der Waals surface area contributed by atoms with Crippen molar-refractivity contribution in [2.24, 2.45) is 5.92 Å². The van der Waals surface area contributed by atoms with Gasteiger partial charge >= 0.3 is 0 Å². The molecule has 2 unspecified atom stereocenters. The predicted octanol–water partition coefficient (Wildman–Crippen LogP) is 1.25. The average molecular weight is 519 g/mol. The molecule has 0 radical (unpaired) electrons. The van der Waals surface area contributed by atoms with Crippen LogP contribution >= 0.6 is 0 Å². The fourth-order valence-electron chi connectivity index (χ4n) is 5.50. The topological polar surface area (TPSA) is 120 Å². The Labute approximate surface area is 197 Å². The number of hydrogen-bond acceptors (Lipinski definition) is 7. The standard InChI is InChI=1S/C20H28F2N6O4S2/c1-26(11-14-9-20(21,22)10-16(14)33(2,29)30)34(31,32)28-8-7-27(12-19(28)4-5-19)18-15-3-6-23-17(15)24-13-25-18/h3,6,13-14,16H,4-5,7-12H2,1-2H3,(H,23,24,25). The summed E-state index contributed by atoms with van der Waals surface area (Å²) < 4.78 is 81.8. The van der Waals surface area contributed by atoms with Gasteiger partial charge in [-0.1, -0.05) is 0 Å². The van der Waals surface area contributed by atoms with Crippen molar-refractivity contribution in [1.82, 2.24) is 23.6 Å². The zero-order valence-electron chi connectivity index (χ0n) is 19.0. The third-order valence-corrected chi connectivity index (χ3v) is 11.1. The molecule has 34 heavy (non-hydrogen) atoms. The van der Waals surface area contributed by atoms with Crippen molar-refractivity contribution in [3.05, 3.63) is 18.6 Å². The second-order valence-corrected chi connectivity index (χ2v) is 14.1. The molecule has 1 saturated heterocycles. The molecule has 3 heterocycles. The van der Waals surface area contributed by atoms with E-state index in [9.17, 15) is 25.6 Å². The molecule has 0 bridgehead atoms. The first kappa shape index (κ1) is 23.8. The summed E-state index contributed by atoms with van der Waals surface area (Å²) >= 11 is 0. The third-order valence-electron chi connectivity index (χ3n) is 7.35. The zero-order chi connectivity index (χ0) is 24.5. The number of H-pyrrole nitrogens is 1. The second kappa shape index (κ2) is 7.80. The molecule has 1 N–H and O–H groups in total. The number of hydrogen-bond donors (Lipinski definition) is 1. The summed E-state index contributed by atoms with van der Waals surface area (Å²) in [5, 5.41) is -0.394. The molecule has 2 aromatic rings. The van der Waals surface area contributed by atoms with E-state index in [2.05, 4.69) is 19.9 Å². The second-order valence-electron chi connectivity index (χ2n) is 9.84. The number of aromatic nitrogens is 3. The number of nitrogens with zero attached hydrogens (tertiary/aromatic N) is 5. The van der Waals surface area contributed by atoms with E-state index in [1.807, 2.05) is 6.07 Å². The van der Waals surface area contributed by atoms with Gasteiger partial charge in [0.15, 0.2) is 9.84 Å². The summed E-state index contributed by atoms with van der Waals surface area (Å²) in [7, 11) is -6.36. The summed E-state index contributed by atoms with van der Waals surface area (Å²) in [6.07, 6.45) is 4.16. The van der Waals surface area contributed by atoms with Gasteiger partial charge in [0.2, 0.25) is 5.92 Å². The summed E-state index contributed by atoms with van der Waals surface area (Å²) in [6, 6.07) is 1.89. The SMILES string of the molecule is CN(CC1CC(F)(F)CC1S(C)(=O)=O)S(=O)(=O)N1CCN(c2ncnc3[nH]ccc23)CC12CC2. The number of fused-ring (bicyclic) bond motifs is 1. The van der Waals surface area contributed by atoms with E-state index in [1.165, 1.54) is 17.7 Å². The molecule has 2 saturated carbocycles. The highest BCUT2D eigenvalue weighted by Gasteiger charge is 2.57. The van der Waals surface area contributed by atoms with E-state index in [-0.39, 0.29) is 13.1 Å². The Morgan fingerprint density at radius 1 is 1.18 bits per heavy atom. The fraction of sp³-hybridized carbons (Fsp3) is 0.700. The minimum Gasteiger partial charge on any atom is -0.353 e. The van der Waals surface area contributed by atoms with Crippen LogP contribution in [0.3, 0.4) is 0 Å². The quantitative estimate of drug-likeness (QED) is 0.611. The van der Waals surface area contributed by atoms with Gasteiger partial charge in [0, 0.05) is 58.5 Å². The van der Waals surface area contributed by atoms with Crippen LogP contribution in [-0.2, 0) is 20.0 Å². The normalized spacial score (nSPS) is 27.1. The fourth-order valence-corrected chi connectivity index (χ4v) is 8.69. The average Bonchev–Trinajstić information content (AvgIpc) is 3.18. The van der Waals surface area contributed by atoms with Gasteiger partial charge < -0.3 is 9.88 Å². The smallest absolute Gasteiger partial charge is 0.282 e. The molecule has 3 aliphatic rings. The lowest BCUT2D eigenvalue weighted by atomic mass is 10.1. The Hall–Kier alpha value is -1.90. The number of anilines is 1. The van der Waals surface area contributed by atoms with Gasteiger partial charge in [-0.2, -0.15) is 17.0 Å². The van der Waals surface area contributed by atoms with Crippen LogP contribution in [0.15, 0.2) is 18.6 Å². The lowest BCUT2D eigenvalue weighted by Crippen LogP contribution is -2.60. The summed E-state index contributed by atoms with van der Waals surface area (Å²) in [6.45, 7) is 0.838. The molecule has 5 rings (SSSR count). The number of piperazine rings is 1. The molecule has 3 fully saturated rings. The van der Waals surface area contributed by atoms with Crippen LogP contribution in [0.1, 0.15) is 25.7 Å². The van der Waals surface area contributed by atoms with E-state index in [0.717, 1.165) is 21.8 Å². The van der Waals surface area contributed by atoms with E-state index in [1.54, 1.807) is 6.20 Å². The molecule has 1 spiro atoms. The number of alkyl halides is 2. The Balaban J connectivity index is 1.34. The number of halogens is 2. The summed E-state index contributed by atoms with van der Waals surface area (Å²) in [5.41, 5.74) is 0.118. The van der Waals surface area contributed by atoms with Gasteiger partial charge in [-0.25, -0.2) is 27.2 Å². The zero-order valence-corrected chi connectivity index (χ0v) is 20.6. The van der Waals surface area contributed by atoms with Gasteiger partial charge in [-0.05, 0) is 24.8 Å². The first-order valence-corrected chi connectivity index (χ1v) is 14.5. The van der Waals surface area contributed by atoms with E-state index in [4.69, 9.17) is 0 Å².